The number of rotatable bonds is 3. The molecule has 1 fully saturated rings. The van der Waals surface area contributed by atoms with E-state index in [0.29, 0.717) is 0 Å². The zero-order valence-corrected chi connectivity index (χ0v) is 14.5. The van der Waals surface area contributed by atoms with Crippen LogP contribution in [0.15, 0.2) is 48.7 Å². The Balaban J connectivity index is 1.68. The summed E-state index contributed by atoms with van der Waals surface area (Å²) in [6.07, 6.45) is 3.03. The summed E-state index contributed by atoms with van der Waals surface area (Å²) < 4.78 is 0. The maximum Gasteiger partial charge on any atom is 0.147 e. The first-order valence-electron chi connectivity index (χ1n) is 8.84. The summed E-state index contributed by atoms with van der Waals surface area (Å²) in [7, 11) is 1.93. The van der Waals surface area contributed by atoms with E-state index in [9.17, 15) is 0 Å². The Morgan fingerprint density at radius 1 is 0.960 bits per heavy atom. The van der Waals surface area contributed by atoms with Gasteiger partial charge in [0, 0.05) is 32.4 Å². The normalized spacial score (nSPS) is 15.2. The van der Waals surface area contributed by atoms with Crippen molar-refractivity contribution >= 4 is 22.5 Å². The summed E-state index contributed by atoms with van der Waals surface area (Å²) in [5.41, 5.74) is 5.35. The second-order valence-corrected chi connectivity index (χ2v) is 6.35. The standard InChI is InChI=1S/C20H23N5/c1-21-17-6-3-15(4-7-17)16-5-8-18-19(13-16)24-20(14-23-18)25-11-2-9-22-10-12-25/h3-8,13-14,21-22H,2,9-12H2,1H3. The van der Waals surface area contributed by atoms with Gasteiger partial charge in [-0.15, -0.1) is 0 Å². The minimum atomic E-state index is 0.937. The first-order valence-corrected chi connectivity index (χ1v) is 8.84. The molecule has 128 valence electrons. The maximum atomic E-state index is 4.88. The molecule has 0 unspecified atom stereocenters. The third-order valence-corrected chi connectivity index (χ3v) is 4.70. The van der Waals surface area contributed by atoms with Gasteiger partial charge >= 0.3 is 0 Å². The van der Waals surface area contributed by atoms with Crippen molar-refractivity contribution in [1.29, 1.82) is 0 Å². The fourth-order valence-electron chi connectivity index (χ4n) is 3.24. The number of nitrogens with one attached hydrogen (secondary N) is 2. The van der Waals surface area contributed by atoms with Gasteiger partial charge in [-0.2, -0.15) is 0 Å². The molecule has 0 bridgehead atoms. The number of nitrogens with zero attached hydrogens (tertiary/aromatic N) is 3. The number of benzene rings is 2. The van der Waals surface area contributed by atoms with Gasteiger partial charge in [-0.3, -0.25) is 4.98 Å². The first-order chi connectivity index (χ1) is 12.3. The van der Waals surface area contributed by atoms with Crippen LogP contribution < -0.4 is 15.5 Å². The molecular formula is C20H23N5. The van der Waals surface area contributed by atoms with E-state index in [1.807, 2.05) is 13.2 Å². The molecule has 0 aliphatic carbocycles. The highest BCUT2D eigenvalue weighted by Gasteiger charge is 2.12. The molecule has 2 heterocycles. The van der Waals surface area contributed by atoms with Crippen LogP contribution in [-0.2, 0) is 0 Å². The number of hydrogen-bond acceptors (Lipinski definition) is 5. The summed E-state index contributed by atoms with van der Waals surface area (Å²) in [5, 5.41) is 6.58. The molecule has 1 aliphatic rings. The molecule has 0 atom stereocenters. The third-order valence-electron chi connectivity index (χ3n) is 4.70. The predicted molar refractivity (Wildman–Crippen MR) is 104 cm³/mol. The fraction of sp³-hybridized carbons (Fsp3) is 0.300. The van der Waals surface area contributed by atoms with Crippen molar-refractivity contribution in [2.45, 2.75) is 6.42 Å². The molecule has 0 spiro atoms. The molecule has 0 amide bonds. The van der Waals surface area contributed by atoms with E-state index in [1.54, 1.807) is 0 Å². The Bertz CT molecular complexity index is 852. The average Bonchev–Trinajstić information content (AvgIpc) is 2.97. The van der Waals surface area contributed by atoms with Gasteiger partial charge in [0.05, 0.1) is 17.2 Å². The van der Waals surface area contributed by atoms with Crippen LogP contribution in [0, 0.1) is 0 Å². The fourth-order valence-corrected chi connectivity index (χ4v) is 3.24. The lowest BCUT2D eigenvalue weighted by atomic mass is 10.0. The van der Waals surface area contributed by atoms with Gasteiger partial charge in [-0.25, -0.2) is 4.98 Å². The van der Waals surface area contributed by atoms with Crippen LogP contribution in [0.25, 0.3) is 22.2 Å². The van der Waals surface area contributed by atoms with Gasteiger partial charge in [-0.1, -0.05) is 18.2 Å². The zero-order valence-electron chi connectivity index (χ0n) is 14.5. The molecule has 4 rings (SSSR count). The molecule has 1 aromatic heterocycles. The van der Waals surface area contributed by atoms with Crippen LogP contribution >= 0.6 is 0 Å². The summed E-state index contributed by atoms with van der Waals surface area (Å²) >= 11 is 0. The molecule has 1 saturated heterocycles. The highest BCUT2D eigenvalue weighted by Crippen LogP contribution is 2.25. The topological polar surface area (TPSA) is 53.1 Å². The van der Waals surface area contributed by atoms with Crippen molar-refractivity contribution in [1.82, 2.24) is 15.3 Å². The molecule has 5 nitrogen and oxygen atoms in total. The second-order valence-electron chi connectivity index (χ2n) is 6.35. The van der Waals surface area contributed by atoms with Crippen molar-refractivity contribution in [3.05, 3.63) is 48.7 Å². The van der Waals surface area contributed by atoms with E-state index in [2.05, 4.69) is 63.0 Å². The summed E-state index contributed by atoms with van der Waals surface area (Å²) in [6, 6.07) is 14.7. The number of fused-ring (bicyclic) bond motifs is 1. The van der Waals surface area contributed by atoms with Crippen LogP contribution in [-0.4, -0.2) is 43.2 Å². The van der Waals surface area contributed by atoms with Crippen molar-refractivity contribution in [3.63, 3.8) is 0 Å². The van der Waals surface area contributed by atoms with Crippen molar-refractivity contribution < 1.29 is 0 Å². The van der Waals surface area contributed by atoms with E-state index < -0.39 is 0 Å². The van der Waals surface area contributed by atoms with E-state index in [4.69, 9.17) is 4.98 Å². The maximum absolute atomic E-state index is 4.88. The Morgan fingerprint density at radius 3 is 2.64 bits per heavy atom. The Hall–Kier alpha value is -2.66. The Morgan fingerprint density at radius 2 is 1.80 bits per heavy atom. The minimum Gasteiger partial charge on any atom is -0.388 e. The van der Waals surface area contributed by atoms with Crippen LogP contribution in [0.5, 0.6) is 0 Å². The van der Waals surface area contributed by atoms with E-state index in [-0.39, 0.29) is 0 Å². The SMILES string of the molecule is CNc1ccc(-c2ccc3ncc(N4CCCNCC4)nc3c2)cc1. The number of hydrogen-bond donors (Lipinski definition) is 2. The molecule has 25 heavy (non-hydrogen) atoms. The highest BCUT2D eigenvalue weighted by molar-refractivity contribution is 5.82. The quantitative estimate of drug-likeness (QED) is 0.771. The lowest BCUT2D eigenvalue weighted by Crippen LogP contribution is -2.28. The van der Waals surface area contributed by atoms with Gasteiger partial charge < -0.3 is 15.5 Å². The monoisotopic (exact) mass is 333 g/mol. The third kappa shape index (κ3) is 3.42. The molecule has 1 aliphatic heterocycles. The lowest BCUT2D eigenvalue weighted by molar-refractivity contribution is 0.724. The molecule has 2 N–H and O–H groups in total. The summed E-state index contributed by atoms with van der Waals surface area (Å²) in [6.45, 7) is 4.07. The molecular weight excluding hydrogens is 310 g/mol. The van der Waals surface area contributed by atoms with E-state index in [1.165, 1.54) is 11.1 Å². The Labute approximate surface area is 148 Å². The largest absolute Gasteiger partial charge is 0.388 e. The molecule has 5 heteroatoms. The second kappa shape index (κ2) is 7.07. The highest BCUT2D eigenvalue weighted by atomic mass is 15.2. The predicted octanol–water partition coefficient (Wildman–Crippen LogP) is 3.14. The van der Waals surface area contributed by atoms with Crippen LogP contribution in [0.3, 0.4) is 0 Å². The summed E-state index contributed by atoms with van der Waals surface area (Å²) in [5.74, 6) is 0.971. The minimum absolute atomic E-state index is 0.937. The van der Waals surface area contributed by atoms with Gasteiger partial charge in [-0.05, 0) is 48.4 Å². The summed E-state index contributed by atoms with van der Waals surface area (Å²) in [4.78, 5) is 11.8. The van der Waals surface area contributed by atoms with Crippen molar-refractivity contribution in [2.75, 3.05) is 43.4 Å². The average molecular weight is 333 g/mol. The molecule has 2 aromatic carbocycles. The lowest BCUT2D eigenvalue weighted by Gasteiger charge is -2.20. The number of aromatic nitrogens is 2. The van der Waals surface area contributed by atoms with Gasteiger partial charge in [0.1, 0.15) is 5.82 Å². The molecule has 0 saturated carbocycles. The van der Waals surface area contributed by atoms with Gasteiger partial charge in [0.25, 0.3) is 0 Å². The van der Waals surface area contributed by atoms with Crippen LogP contribution in [0.1, 0.15) is 6.42 Å². The first kappa shape index (κ1) is 15.8. The van der Waals surface area contributed by atoms with Gasteiger partial charge in [0.15, 0.2) is 0 Å². The Kier molecular flexibility index (Phi) is 4.48. The van der Waals surface area contributed by atoms with Crippen molar-refractivity contribution in [3.8, 4) is 11.1 Å². The number of anilines is 2. The smallest absolute Gasteiger partial charge is 0.147 e. The van der Waals surface area contributed by atoms with Crippen LogP contribution in [0.4, 0.5) is 11.5 Å². The van der Waals surface area contributed by atoms with Crippen LogP contribution in [0.2, 0.25) is 0 Å². The molecule has 3 aromatic rings. The zero-order chi connectivity index (χ0) is 17.1. The molecule has 0 radical (unpaired) electrons. The van der Waals surface area contributed by atoms with Gasteiger partial charge in [0.2, 0.25) is 0 Å². The van der Waals surface area contributed by atoms with Crippen molar-refractivity contribution in [2.24, 2.45) is 0 Å². The van der Waals surface area contributed by atoms with E-state index >= 15 is 0 Å². The van der Waals surface area contributed by atoms with E-state index in [0.717, 1.165) is 55.1 Å².